The highest BCUT2D eigenvalue weighted by Crippen LogP contribution is 2.73. The number of hydrogen-bond acceptors (Lipinski definition) is 20. The number of carbonyl (C=O) groups is 16. The third-order valence-electron chi connectivity index (χ3n) is 16.1. The Morgan fingerprint density at radius 1 is 0.412 bits per heavy atom. The first kappa shape index (κ1) is 88.7. The number of nitrogens with one attached hydrogen (secondary N) is 8. The Bertz CT molecular complexity index is 3050. The highest BCUT2D eigenvalue weighted by molar-refractivity contribution is 8.31. The van der Waals surface area contributed by atoms with E-state index in [-0.39, 0.29) is 122 Å². The van der Waals surface area contributed by atoms with E-state index in [0.717, 1.165) is 0 Å². The molecule has 1 heterocycles. The number of carboxylic acids is 9. The largest absolute Gasteiger partial charge is 0.481 e. The zero-order chi connectivity index (χ0) is 77.2. The monoisotopic (exact) mass is 1470 g/mol. The Morgan fingerprint density at radius 2 is 0.804 bits per heavy atom. The number of hydrogen-bond donors (Lipinski definition) is 17. The van der Waals surface area contributed by atoms with E-state index in [9.17, 15) is 118 Å². The van der Waals surface area contributed by atoms with Crippen molar-refractivity contribution < 1.29 is 127 Å². The van der Waals surface area contributed by atoms with E-state index < -0.39 is 210 Å². The van der Waals surface area contributed by atoms with Crippen LogP contribution in [-0.2, 0) is 67.1 Å². The molecule has 0 aliphatic carbocycles. The van der Waals surface area contributed by atoms with E-state index in [1.807, 2.05) is 10.6 Å². The Morgan fingerprint density at radius 3 is 1.23 bits per heavy atom. The normalized spacial score (nSPS) is 15.8. The topological polar surface area (TPSA) is 564 Å². The van der Waals surface area contributed by atoms with Crippen LogP contribution < -0.4 is 42.5 Å². The van der Waals surface area contributed by atoms with E-state index in [1.165, 1.54) is 43.9 Å². The lowest BCUT2D eigenvalue weighted by Gasteiger charge is -2.52. The molecule has 2 rings (SSSR count). The van der Waals surface area contributed by atoms with Gasteiger partial charge in [-0.05, 0) is 117 Å². The van der Waals surface area contributed by atoms with Crippen molar-refractivity contribution in [2.45, 2.75) is 176 Å². The molecule has 1 aromatic rings. The summed E-state index contributed by atoms with van der Waals surface area (Å²) < 4.78 is 15.5. The Labute approximate surface area is 589 Å². The molecule has 0 bridgehead atoms. The summed E-state index contributed by atoms with van der Waals surface area (Å²) in [6.07, 6.45) is -4.08. The van der Waals surface area contributed by atoms with Crippen LogP contribution in [0.3, 0.4) is 0 Å². The van der Waals surface area contributed by atoms with Crippen molar-refractivity contribution in [3.8, 4) is 0 Å². The quantitative estimate of drug-likeness (QED) is 0.0356. The van der Waals surface area contributed by atoms with Gasteiger partial charge in [0, 0.05) is 124 Å². The molecular weight excluding hydrogens is 1380 g/mol. The van der Waals surface area contributed by atoms with Crippen LogP contribution in [0.15, 0.2) is 29.2 Å². The molecule has 39 heteroatoms. The van der Waals surface area contributed by atoms with Gasteiger partial charge in [-0.15, -0.1) is 0 Å². The van der Waals surface area contributed by atoms with E-state index in [1.54, 1.807) is 41.5 Å². The Kier molecular flexibility index (Phi) is 37.8. The second kappa shape index (κ2) is 43.5. The van der Waals surface area contributed by atoms with E-state index in [0.29, 0.717) is 4.90 Å². The third-order valence-corrected chi connectivity index (χ3v) is 20.4. The van der Waals surface area contributed by atoms with Gasteiger partial charge in [0.2, 0.25) is 29.5 Å². The van der Waals surface area contributed by atoms with Crippen molar-refractivity contribution in [1.82, 2.24) is 62.1 Å². The molecule has 37 nitrogen and oxygen atoms in total. The number of nitrogens with zero attached hydrogens (tertiary/aromatic N) is 4. The fraction of sp³-hybridized carbons (Fsp3) is 0.651. The average Bonchev–Trinajstić information content (AvgIpc) is 0.748. The van der Waals surface area contributed by atoms with Crippen LogP contribution in [0, 0.1) is 0 Å². The molecule has 6 atom stereocenters. The number of carbonyl (C=O) groups excluding carboxylic acids is 7. The van der Waals surface area contributed by atoms with Crippen LogP contribution in [0.1, 0.15) is 135 Å². The average molecular weight is 1480 g/mol. The SMILES string of the molecule is CC(C)(C)S(F)(c1ccc(C(=O)NC(CNC(=O)CCC(C(=O)O)N2CCN(CC(=O)O)CCN(CC(=O)O)CCN(CC(=O)O)CC2)C(=O)NC(CCCCNC(=O)CCC(=O)NCCCC(NC(=O)CC[C@H](NC(=O)N[C@@H](CCC(=O)O)C(=O)O)C(=O)O)C(=O)O)C(=O)O)cc1)C(C)(C)C. The molecule has 102 heavy (non-hydrogen) atoms. The van der Waals surface area contributed by atoms with Crippen molar-refractivity contribution in [3.63, 3.8) is 0 Å². The molecule has 0 aromatic heterocycles. The predicted molar refractivity (Wildman–Crippen MR) is 360 cm³/mol. The fourth-order valence-electron chi connectivity index (χ4n) is 10.9. The summed E-state index contributed by atoms with van der Waals surface area (Å²) in [4.78, 5) is 205. The number of benzene rings is 1. The summed E-state index contributed by atoms with van der Waals surface area (Å²) in [5.41, 5.74) is -0.0431. The highest BCUT2D eigenvalue weighted by Gasteiger charge is 2.48. The standard InChI is InChI=1S/C63H99FN12O25S/c1-62(2,3)102(64,63(4,5)6)39-14-12-38(13-15-39)54(89)70-44(34-67-48(79)20-18-45(60(99)100)76-32-30-74(36-52(85)86)28-26-73(35-51(83)84)27-29-75(31-33-76)37-53(87)88)55(90)69-41(57(93)94)10-7-8-24-65-46(77)21-22-47(78)66-25-9-11-40(56(91)92)68-49(80)19-16-42(58(95)96)71-61(101)72-43(59(97)98)17-23-50(81)82/h12-15,40-45H,7-11,16-37H2,1-6H3,(H,65,77)(H,66,78)(H,67,79)(H,68,80)(H,69,90)(H,70,89)(H,81,82)(H,83,84)(H,85,86)(H,87,88)(H,91,92)(H,93,94)(H,95,96)(H,97,98)(H,99,100)(H2,71,72,101)/t40?,41?,42-,43-,44?,45?/m0/s1. The molecule has 574 valence electrons. The van der Waals surface area contributed by atoms with Crippen LogP contribution in [0.25, 0.3) is 0 Å². The number of urea groups is 1. The van der Waals surface area contributed by atoms with Crippen LogP contribution in [0.5, 0.6) is 0 Å². The van der Waals surface area contributed by atoms with Gasteiger partial charge in [0.15, 0.2) is 0 Å². The highest BCUT2D eigenvalue weighted by atomic mass is 32.3. The minimum absolute atomic E-state index is 0.000152. The molecule has 1 fully saturated rings. The summed E-state index contributed by atoms with van der Waals surface area (Å²) in [5.74, 6) is -17.5. The van der Waals surface area contributed by atoms with Crippen molar-refractivity contribution in [2.24, 2.45) is 0 Å². The number of amides is 8. The van der Waals surface area contributed by atoms with Gasteiger partial charge in [0.1, 0.15) is 36.3 Å². The lowest BCUT2D eigenvalue weighted by Crippen LogP contribution is -2.55. The van der Waals surface area contributed by atoms with E-state index in [2.05, 4.69) is 31.9 Å². The summed E-state index contributed by atoms with van der Waals surface area (Å²) in [7, 11) is -3.05. The third kappa shape index (κ3) is 33.0. The molecule has 17 N–H and O–H groups in total. The van der Waals surface area contributed by atoms with Gasteiger partial charge >= 0.3 is 59.8 Å². The van der Waals surface area contributed by atoms with Crippen molar-refractivity contribution in [1.29, 1.82) is 0 Å². The Hall–Kier alpha value is -9.34. The first-order valence-corrected chi connectivity index (χ1v) is 34.4. The van der Waals surface area contributed by atoms with Crippen LogP contribution in [0.2, 0.25) is 0 Å². The maximum Gasteiger partial charge on any atom is 0.326 e. The molecule has 1 aliphatic heterocycles. The number of halogens is 1. The summed E-state index contributed by atoms with van der Waals surface area (Å²) in [6.45, 7) is 8.39. The summed E-state index contributed by atoms with van der Waals surface area (Å²) >= 11 is 0. The molecule has 1 aliphatic rings. The second-order valence-electron chi connectivity index (χ2n) is 26.1. The molecular formula is C63H99FN12O25S. The van der Waals surface area contributed by atoms with Gasteiger partial charge < -0.3 is 88.5 Å². The van der Waals surface area contributed by atoms with Gasteiger partial charge in [0.25, 0.3) is 5.91 Å². The number of carboxylic acid groups (broad SMARTS) is 9. The second-order valence-corrected chi connectivity index (χ2v) is 30.1. The van der Waals surface area contributed by atoms with Gasteiger partial charge in [0.05, 0.1) is 19.6 Å². The van der Waals surface area contributed by atoms with Gasteiger partial charge in [-0.3, -0.25) is 72.3 Å². The minimum atomic E-state index is -3.05. The maximum absolute atomic E-state index is 17.2. The van der Waals surface area contributed by atoms with Crippen molar-refractivity contribution in [2.75, 3.05) is 91.6 Å². The molecule has 0 saturated carbocycles. The molecule has 1 aromatic carbocycles. The molecule has 4 unspecified atom stereocenters. The number of aliphatic carboxylic acids is 9. The molecule has 0 spiro atoms. The first-order valence-electron chi connectivity index (χ1n) is 32.9. The van der Waals surface area contributed by atoms with Gasteiger partial charge in [-0.25, -0.2) is 24.0 Å². The van der Waals surface area contributed by atoms with Crippen molar-refractivity contribution in [3.05, 3.63) is 29.8 Å². The first-order chi connectivity index (χ1) is 47.5. The zero-order valence-corrected chi connectivity index (χ0v) is 58.8. The maximum atomic E-state index is 17.2. The summed E-state index contributed by atoms with van der Waals surface area (Å²) in [5, 5.41) is 105. The molecule has 8 amide bonds. The summed E-state index contributed by atoms with van der Waals surface area (Å²) in [6, 6.07) is -5.32. The number of unbranched alkanes of at least 4 members (excludes halogenated alkanes) is 1. The van der Waals surface area contributed by atoms with Crippen molar-refractivity contribution >= 4 is 106 Å². The van der Waals surface area contributed by atoms with E-state index >= 15 is 3.89 Å². The predicted octanol–water partition coefficient (Wildman–Crippen LogP) is -0.793. The van der Waals surface area contributed by atoms with Crippen LogP contribution in [0.4, 0.5) is 8.68 Å². The van der Waals surface area contributed by atoms with Crippen LogP contribution in [-0.4, -0.2) is 298 Å². The molecule has 0 radical (unpaired) electrons. The Balaban J connectivity index is 2.13. The fourth-order valence-corrected chi connectivity index (χ4v) is 14.7. The number of rotatable bonds is 43. The zero-order valence-electron chi connectivity index (χ0n) is 58.0. The smallest absolute Gasteiger partial charge is 0.326 e. The van der Waals surface area contributed by atoms with Gasteiger partial charge in [-0.1, -0.05) is 10.4 Å². The lowest BCUT2D eigenvalue weighted by atomic mass is 10.1. The minimum Gasteiger partial charge on any atom is -0.481 e. The van der Waals surface area contributed by atoms with E-state index in [4.69, 9.17) is 5.11 Å². The lowest BCUT2D eigenvalue weighted by molar-refractivity contribution is -0.145. The van der Waals surface area contributed by atoms with Gasteiger partial charge in [-0.2, -0.15) is 3.89 Å². The molecule has 1 saturated heterocycles. The van der Waals surface area contributed by atoms with Crippen LogP contribution >= 0.6 is 10.4 Å².